The van der Waals surface area contributed by atoms with Crippen molar-refractivity contribution in [1.82, 2.24) is 15.1 Å². The lowest BCUT2D eigenvalue weighted by molar-refractivity contribution is -0.0637. The second kappa shape index (κ2) is 10.6. The molecule has 2 atom stereocenters. The summed E-state index contributed by atoms with van der Waals surface area (Å²) in [6.07, 6.45) is 3.48. The van der Waals surface area contributed by atoms with E-state index in [1.54, 1.807) is 17.0 Å². The minimum atomic E-state index is -0.682. The first-order chi connectivity index (χ1) is 18.9. The van der Waals surface area contributed by atoms with E-state index in [4.69, 9.17) is 0 Å². The first-order valence-electron chi connectivity index (χ1n) is 14.5. The number of β-amino-alcohol motifs (C(OH)–C–C–N with tert-alkyl or cyclic N) is 1. The smallest absolute Gasteiger partial charge is 0.256 e. The van der Waals surface area contributed by atoms with E-state index in [9.17, 15) is 19.8 Å². The maximum Gasteiger partial charge on any atom is 0.256 e. The average Bonchev–Trinajstić information content (AvgIpc) is 3.07. The third-order valence-electron chi connectivity index (χ3n) is 9.56. The maximum absolute atomic E-state index is 13.7. The zero-order valence-electron chi connectivity index (χ0n) is 22.8. The van der Waals surface area contributed by atoms with Crippen molar-refractivity contribution in [2.75, 3.05) is 44.2 Å². The van der Waals surface area contributed by atoms with Crippen molar-refractivity contribution in [2.45, 2.75) is 63.8 Å². The van der Waals surface area contributed by atoms with E-state index in [1.165, 1.54) is 11.1 Å². The van der Waals surface area contributed by atoms with Gasteiger partial charge in [0.25, 0.3) is 11.8 Å². The van der Waals surface area contributed by atoms with Crippen LogP contribution < -0.4 is 10.2 Å². The van der Waals surface area contributed by atoms with Crippen LogP contribution in [0.25, 0.3) is 0 Å². The fourth-order valence-corrected chi connectivity index (χ4v) is 7.06. The fourth-order valence-electron chi connectivity index (χ4n) is 7.06. The molecule has 1 aliphatic carbocycles. The van der Waals surface area contributed by atoms with Gasteiger partial charge in [-0.1, -0.05) is 24.3 Å². The Labute approximate surface area is 230 Å². The lowest BCUT2D eigenvalue weighted by Crippen LogP contribution is -2.50. The zero-order chi connectivity index (χ0) is 27.1. The number of rotatable bonds is 5. The number of fused-ring (bicyclic) bond motifs is 2. The van der Waals surface area contributed by atoms with Crippen LogP contribution in [0.5, 0.6) is 0 Å². The Kier molecular flexibility index (Phi) is 7.12. The highest BCUT2D eigenvalue weighted by atomic mass is 16.3. The van der Waals surface area contributed by atoms with Gasteiger partial charge in [0.05, 0.1) is 23.5 Å². The van der Waals surface area contributed by atoms with Crippen molar-refractivity contribution in [3.8, 4) is 0 Å². The predicted molar refractivity (Wildman–Crippen MR) is 150 cm³/mol. The van der Waals surface area contributed by atoms with E-state index in [1.807, 2.05) is 23.1 Å². The van der Waals surface area contributed by atoms with Crippen molar-refractivity contribution in [3.63, 3.8) is 0 Å². The lowest BCUT2D eigenvalue weighted by atomic mass is 9.61. The molecule has 1 unspecified atom stereocenters. The third-order valence-corrected chi connectivity index (χ3v) is 9.56. The minimum Gasteiger partial charge on any atom is -0.393 e. The van der Waals surface area contributed by atoms with Gasteiger partial charge in [-0.15, -0.1) is 0 Å². The van der Waals surface area contributed by atoms with Crippen LogP contribution >= 0.6 is 0 Å². The van der Waals surface area contributed by atoms with Crippen LogP contribution in [0.1, 0.15) is 64.4 Å². The van der Waals surface area contributed by atoms with Crippen LogP contribution in [0.3, 0.4) is 0 Å². The van der Waals surface area contributed by atoms with Gasteiger partial charge in [0.2, 0.25) is 0 Å². The van der Waals surface area contributed by atoms with Crippen LogP contribution in [0, 0.1) is 5.41 Å². The quantitative estimate of drug-likeness (QED) is 0.548. The van der Waals surface area contributed by atoms with Gasteiger partial charge in [0.1, 0.15) is 0 Å². The lowest BCUT2D eigenvalue weighted by Gasteiger charge is -2.50. The summed E-state index contributed by atoms with van der Waals surface area (Å²) in [6, 6.07) is 13.6. The van der Waals surface area contributed by atoms with Crippen molar-refractivity contribution in [3.05, 3.63) is 64.7 Å². The second-order valence-corrected chi connectivity index (χ2v) is 11.9. The van der Waals surface area contributed by atoms with E-state index in [0.717, 1.165) is 50.9 Å². The summed E-state index contributed by atoms with van der Waals surface area (Å²) in [6.45, 7) is 6.36. The number of hydrogen-bond acceptors (Lipinski definition) is 6. The maximum atomic E-state index is 13.7. The number of hydrogen-bond donors (Lipinski definition) is 3. The molecule has 8 heteroatoms. The topological polar surface area (TPSA) is 96.3 Å². The molecule has 2 amide bonds. The Morgan fingerprint density at radius 2 is 1.77 bits per heavy atom. The van der Waals surface area contributed by atoms with Gasteiger partial charge >= 0.3 is 0 Å². The number of carbonyl (C=O) groups excluding carboxylic acids is 2. The molecule has 2 aromatic carbocycles. The molecule has 2 aromatic rings. The molecule has 4 aliphatic rings. The van der Waals surface area contributed by atoms with Crippen molar-refractivity contribution >= 4 is 17.5 Å². The molecule has 208 valence electrons. The normalized spacial score (nSPS) is 23.6. The minimum absolute atomic E-state index is 0.0104. The summed E-state index contributed by atoms with van der Waals surface area (Å²) in [7, 11) is 0. The van der Waals surface area contributed by atoms with Crippen molar-refractivity contribution in [1.29, 1.82) is 0 Å². The first-order valence-corrected chi connectivity index (χ1v) is 14.5. The van der Waals surface area contributed by atoms with Gasteiger partial charge in [-0.25, -0.2) is 0 Å². The highest BCUT2D eigenvalue weighted by molar-refractivity contribution is 6.03. The number of amides is 2. The van der Waals surface area contributed by atoms with Crippen molar-refractivity contribution in [2.24, 2.45) is 5.41 Å². The Balaban J connectivity index is 1.15. The molecule has 3 N–H and O–H groups in total. The number of nitrogens with zero attached hydrogens (tertiary/aromatic N) is 3. The van der Waals surface area contributed by atoms with Gasteiger partial charge in [-0.2, -0.15) is 0 Å². The Hall–Kier alpha value is -2.94. The molecular weight excluding hydrogens is 492 g/mol. The predicted octanol–water partition coefficient (Wildman–Crippen LogP) is 2.42. The van der Waals surface area contributed by atoms with Gasteiger partial charge in [0, 0.05) is 57.4 Å². The summed E-state index contributed by atoms with van der Waals surface area (Å²) < 4.78 is 0. The van der Waals surface area contributed by atoms with E-state index >= 15 is 0 Å². The largest absolute Gasteiger partial charge is 0.393 e. The summed E-state index contributed by atoms with van der Waals surface area (Å²) >= 11 is 0. The summed E-state index contributed by atoms with van der Waals surface area (Å²) in [5.74, 6) is -0.0881. The molecule has 0 aromatic heterocycles. The molecule has 6 rings (SSSR count). The summed E-state index contributed by atoms with van der Waals surface area (Å²) in [4.78, 5) is 33.0. The fraction of sp³-hybridized carbons (Fsp3) is 0.548. The molecule has 0 bridgehead atoms. The van der Waals surface area contributed by atoms with Gasteiger partial charge < -0.3 is 30.2 Å². The highest BCUT2D eigenvalue weighted by Gasteiger charge is 2.45. The number of carbonyl (C=O) groups is 2. The molecule has 3 aliphatic heterocycles. The molecule has 1 spiro atoms. The number of aliphatic hydroxyl groups excluding tert-OH is 2. The van der Waals surface area contributed by atoms with Gasteiger partial charge in [-0.05, 0) is 73.8 Å². The van der Waals surface area contributed by atoms with E-state index in [0.29, 0.717) is 37.3 Å². The molecule has 2 fully saturated rings. The van der Waals surface area contributed by atoms with Crippen LogP contribution in [-0.4, -0.2) is 89.3 Å². The number of nitrogens with one attached hydrogen (secondary N) is 1. The van der Waals surface area contributed by atoms with E-state index < -0.39 is 6.10 Å². The number of likely N-dealkylation sites (tertiary alicyclic amines) is 1. The summed E-state index contributed by atoms with van der Waals surface area (Å²) in [5, 5.41) is 24.3. The van der Waals surface area contributed by atoms with Gasteiger partial charge in [0.15, 0.2) is 0 Å². The summed E-state index contributed by atoms with van der Waals surface area (Å²) in [5.41, 5.74) is 4.72. The number of piperidine rings is 1. The van der Waals surface area contributed by atoms with E-state index in [-0.39, 0.29) is 35.9 Å². The molecule has 39 heavy (non-hydrogen) atoms. The molecule has 0 radical (unpaired) electrons. The van der Waals surface area contributed by atoms with Crippen LogP contribution in [-0.2, 0) is 13.0 Å². The number of anilines is 1. The molecule has 1 saturated heterocycles. The third kappa shape index (κ3) is 5.06. The Morgan fingerprint density at radius 3 is 2.49 bits per heavy atom. The van der Waals surface area contributed by atoms with Crippen LogP contribution in [0.4, 0.5) is 5.69 Å². The SMILES string of the molecule is CCN1CCN(CC(O)[C@@H]2Cc3ccccc3CN2)C(=O)c2ccc(C(=O)N3CCC4(CC3)CC(O)C4)cc21. The Morgan fingerprint density at radius 1 is 1.05 bits per heavy atom. The molecular formula is C31H40N4O4. The molecule has 1 saturated carbocycles. The number of likely N-dealkylation sites (N-methyl/N-ethyl adjacent to an activating group) is 1. The number of benzene rings is 2. The van der Waals surface area contributed by atoms with Crippen LogP contribution in [0.2, 0.25) is 0 Å². The van der Waals surface area contributed by atoms with Crippen LogP contribution in [0.15, 0.2) is 42.5 Å². The monoisotopic (exact) mass is 532 g/mol. The first kappa shape index (κ1) is 26.3. The highest BCUT2D eigenvalue weighted by Crippen LogP contribution is 2.49. The van der Waals surface area contributed by atoms with Gasteiger partial charge in [-0.3, -0.25) is 9.59 Å². The second-order valence-electron chi connectivity index (χ2n) is 11.9. The standard InChI is InChI=1S/C31H40N4O4/c1-2-33-13-14-35(20-28(37)26-15-21-5-3-4-6-23(21)19-32-26)30(39)25-8-7-22(16-27(25)33)29(38)34-11-9-31(10-12-34)17-24(36)18-31/h3-8,16,24,26,28,32,36-37H,2,9-15,17-20H2,1H3/t26-,28?/m0/s1. The molecule has 3 heterocycles. The zero-order valence-corrected chi connectivity index (χ0v) is 22.8. The number of aliphatic hydroxyl groups is 2. The average molecular weight is 533 g/mol. The molecule has 8 nitrogen and oxygen atoms in total. The Bertz CT molecular complexity index is 1230. The van der Waals surface area contributed by atoms with Crippen molar-refractivity contribution < 1.29 is 19.8 Å². The van der Waals surface area contributed by atoms with E-state index in [2.05, 4.69) is 29.3 Å².